The van der Waals surface area contributed by atoms with Crippen molar-refractivity contribution in [1.82, 2.24) is 15.5 Å². The number of carbonyl (C=O) groups excluding carboxylic acids is 3. The van der Waals surface area contributed by atoms with Crippen molar-refractivity contribution in [1.29, 1.82) is 0 Å². The Morgan fingerprint density at radius 1 is 1.17 bits per heavy atom. The number of esters is 1. The first kappa shape index (κ1) is 16.4. The first-order valence-corrected chi connectivity index (χ1v) is 5.84. The van der Waals surface area contributed by atoms with Crippen molar-refractivity contribution in [3.8, 4) is 0 Å². The van der Waals surface area contributed by atoms with Gasteiger partial charge in [-0.1, -0.05) is 6.92 Å². The number of hydrogen-bond donors (Lipinski definition) is 2. The molecule has 0 spiro atoms. The number of rotatable bonds is 7. The summed E-state index contributed by atoms with van der Waals surface area (Å²) in [6.07, 6.45) is 0.504. The van der Waals surface area contributed by atoms with Crippen LogP contribution >= 0.6 is 0 Å². The van der Waals surface area contributed by atoms with Gasteiger partial charge < -0.3 is 15.0 Å². The van der Waals surface area contributed by atoms with Crippen LogP contribution in [0, 0.1) is 0 Å². The van der Waals surface area contributed by atoms with Crippen molar-refractivity contribution in [2.75, 3.05) is 33.8 Å². The molecule has 0 rings (SSSR count). The predicted molar refractivity (Wildman–Crippen MR) is 66.0 cm³/mol. The second-order valence-corrected chi connectivity index (χ2v) is 3.64. The van der Waals surface area contributed by atoms with Crippen LogP contribution in [0.3, 0.4) is 0 Å². The molecule has 0 unspecified atom stereocenters. The number of carbonyl (C=O) groups is 3. The van der Waals surface area contributed by atoms with Crippen molar-refractivity contribution < 1.29 is 19.1 Å². The molecular weight excluding hydrogens is 238 g/mol. The maximum absolute atomic E-state index is 11.3. The second-order valence-electron chi connectivity index (χ2n) is 3.64. The fourth-order valence-corrected chi connectivity index (χ4v) is 1.29. The van der Waals surface area contributed by atoms with Gasteiger partial charge in [-0.05, 0) is 6.54 Å². The summed E-state index contributed by atoms with van der Waals surface area (Å²) in [5, 5.41) is 4.48. The van der Waals surface area contributed by atoms with Gasteiger partial charge in [0.2, 0.25) is 5.91 Å². The lowest BCUT2D eigenvalue weighted by molar-refractivity contribution is -0.140. The van der Waals surface area contributed by atoms with Gasteiger partial charge in [-0.25, -0.2) is 4.79 Å². The van der Waals surface area contributed by atoms with Crippen molar-refractivity contribution in [2.45, 2.75) is 19.8 Å². The van der Waals surface area contributed by atoms with Crippen molar-refractivity contribution in [3.05, 3.63) is 0 Å². The van der Waals surface area contributed by atoms with Crippen molar-refractivity contribution in [2.24, 2.45) is 0 Å². The van der Waals surface area contributed by atoms with E-state index < -0.39 is 6.03 Å². The zero-order chi connectivity index (χ0) is 14.0. The quantitative estimate of drug-likeness (QED) is 0.614. The van der Waals surface area contributed by atoms with E-state index in [0.29, 0.717) is 19.5 Å². The molecule has 18 heavy (non-hydrogen) atoms. The Bertz CT molecular complexity index is 294. The van der Waals surface area contributed by atoms with Crippen molar-refractivity contribution >= 4 is 17.9 Å². The average molecular weight is 259 g/mol. The van der Waals surface area contributed by atoms with E-state index in [4.69, 9.17) is 0 Å². The van der Waals surface area contributed by atoms with Crippen LogP contribution in [-0.2, 0) is 14.3 Å². The van der Waals surface area contributed by atoms with Crippen LogP contribution in [0.15, 0.2) is 0 Å². The molecule has 0 aliphatic rings. The topological polar surface area (TPSA) is 87.7 Å². The third kappa shape index (κ3) is 7.61. The van der Waals surface area contributed by atoms with Gasteiger partial charge in [0.05, 0.1) is 13.5 Å². The zero-order valence-corrected chi connectivity index (χ0v) is 11.1. The van der Waals surface area contributed by atoms with Gasteiger partial charge in [0.15, 0.2) is 0 Å². The summed E-state index contributed by atoms with van der Waals surface area (Å²) in [5.74, 6) is -0.617. The molecule has 0 aromatic heterocycles. The van der Waals surface area contributed by atoms with Gasteiger partial charge in [0.25, 0.3) is 0 Å². The highest BCUT2D eigenvalue weighted by Crippen LogP contribution is 1.95. The van der Waals surface area contributed by atoms with Crippen LogP contribution in [-0.4, -0.2) is 56.6 Å². The average Bonchev–Trinajstić information content (AvgIpc) is 2.38. The number of amides is 3. The number of ether oxygens (including phenoxy) is 1. The minimum Gasteiger partial charge on any atom is -0.469 e. The summed E-state index contributed by atoms with van der Waals surface area (Å²) >= 11 is 0. The SMILES string of the molecule is CCN(CCC(=O)NC(=O)NC)CCC(=O)OC. The normalized spacial score (nSPS) is 10.0. The molecule has 7 heteroatoms. The fourth-order valence-electron chi connectivity index (χ4n) is 1.29. The highest BCUT2D eigenvalue weighted by Gasteiger charge is 2.10. The number of methoxy groups -OCH3 is 1. The number of imide groups is 1. The van der Waals surface area contributed by atoms with Gasteiger partial charge in [-0.3, -0.25) is 14.9 Å². The minimum atomic E-state index is -0.516. The lowest BCUT2D eigenvalue weighted by atomic mass is 10.3. The van der Waals surface area contributed by atoms with Gasteiger partial charge in [0, 0.05) is 26.6 Å². The van der Waals surface area contributed by atoms with E-state index >= 15 is 0 Å². The highest BCUT2D eigenvalue weighted by atomic mass is 16.5. The maximum Gasteiger partial charge on any atom is 0.321 e. The van der Waals surface area contributed by atoms with Gasteiger partial charge >= 0.3 is 12.0 Å². The van der Waals surface area contributed by atoms with E-state index in [1.54, 1.807) is 0 Å². The zero-order valence-electron chi connectivity index (χ0n) is 11.1. The van der Waals surface area contributed by atoms with Crippen LogP contribution in [0.25, 0.3) is 0 Å². The lowest BCUT2D eigenvalue weighted by Gasteiger charge is -2.19. The Morgan fingerprint density at radius 3 is 2.28 bits per heavy atom. The molecule has 0 saturated carbocycles. The molecule has 0 fully saturated rings. The standard InChI is InChI=1S/C11H21N3O4/c1-4-14(8-6-10(16)18-3)7-5-9(15)13-11(17)12-2/h4-8H2,1-3H3,(H2,12,13,15,17). The summed E-state index contributed by atoms with van der Waals surface area (Å²) in [5.41, 5.74) is 0. The Morgan fingerprint density at radius 2 is 1.78 bits per heavy atom. The van der Waals surface area contributed by atoms with E-state index in [0.717, 1.165) is 6.54 Å². The largest absolute Gasteiger partial charge is 0.469 e. The van der Waals surface area contributed by atoms with Crippen LogP contribution in [0.1, 0.15) is 19.8 Å². The summed E-state index contributed by atoms with van der Waals surface area (Å²) in [4.78, 5) is 35.1. The van der Waals surface area contributed by atoms with Crippen LogP contribution in [0.5, 0.6) is 0 Å². The van der Waals surface area contributed by atoms with Crippen LogP contribution in [0.4, 0.5) is 4.79 Å². The van der Waals surface area contributed by atoms with Gasteiger partial charge in [-0.2, -0.15) is 0 Å². The number of hydrogen-bond acceptors (Lipinski definition) is 5. The molecular formula is C11H21N3O4. The Hall–Kier alpha value is -1.63. The molecule has 3 amide bonds. The number of nitrogens with one attached hydrogen (secondary N) is 2. The fraction of sp³-hybridized carbons (Fsp3) is 0.727. The smallest absolute Gasteiger partial charge is 0.321 e. The first-order valence-electron chi connectivity index (χ1n) is 5.84. The third-order valence-electron chi connectivity index (χ3n) is 2.44. The number of urea groups is 1. The van der Waals surface area contributed by atoms with Crippen molar-refractivity contribution in [3.63, 3.8) is 0 Å². The Balaban J connectivity index is 3.88. The monoisotopic (exact) mass is 259 g/mol. The molecule has 0 saturated heterocycles. The minimum absolute atomic E-state index is 0.211. The first-order chi connectivity index (χ1) is 8.53. The molecule has 0 heterocycles. The molecule has 0 aromatic rings. The Kier molecular flexibility index (Phi) is 8.55. The van der Waals surface area contributed by atoms with Crippen LogP contribution < -0.4 is 10.6 Å². The molecule has 0 aliphatic heterocycles. The van der Waals surface area contributed by atoms with E-state index in [1.165, 1.54) is 14.2 Å². The Labute approximate surface area is 107 Å². The third-order valence-corrected chi connectivity index (χ3v) is 2.44. The summed E-state index contributed by atoms with van der Waals surface area (Å²) in [6.45, 7) is 3.70. The van der Waals surface area contributed by atoms with E-state index in [1.807, 2.05) is 11.8 Å². The summed E-state index contributed by atoms with van der Waals surface area (Å²) < 4.78 is 4.54. The molecule has 0 aromatic carbocycles. The second kappa shape index (κ2) is 9.41. The lowest BCUT2D eigenvalue weighted by Crippen LogP contribution is -2.39. The van der Waals surface area contributed by atoms with Crippen LogP contribution in [0.2, 0.25) is 0 Å². The predicted octanol–water partition coefficient (Wildman–Crippen LogP) is -0.283. The molecule has 7 nitrogen and oxygen atoms in total. The summed E-state index contributed by atoms with van der Waals surface area (Å²) in [6, 6.07) is -0.516. The van der Waals surface area contributed by atoms with Gasteiger partial charge in [0.1, 0.15) is 0 Å². The molecule has 2 N–H and O–H groups in total. The van der Waals surface area contributed by atoms with E-state index in [2.05, 4.69) is 15.4 Å². The molecule has 104 valence electrons. The number of nitrogens with zero attached hydrogens (tertiary/aromatic N) is 1. The molecule has 0 atom stereocenters. The molecule has 0 aliphatic carbocycles. The highest BCUT2D eigenvalue weighted by molar-refractivity contribution is 5.94. The van der Waals surface area contributed by atoms with E-state index in [-0.39, 0.29) is 18.3 Å². The molecule has 0 bridgehead atoms. The van der Waals surface area contributed by atoms with Gasteiger partial charge in [-0.15, -0.1) is 0 Å². The summed E-state index contributed by atoms with van der Waals surface area (Å²) in [7, 11) is 2.78. The maximum atomic E-state index is 11.3. The van der Waals surface area contributed by atoms with E-state index in [9.17, 15) is 14.4 Å². The molecule has 0 radical (unpaired) electrons.